The molecule has 126 valence electrons. The van der Waals surface area contributed by atoms with Gasteiger partial charge in [-0.2, -0.15) is 0 Å². The average molecular weight is 366 g/mol. The van der Waals surface area contributed by atoms with E-state index in [0.29, 0.717) is 10.9 Å². The summed E-state index contributed by atoms with van der Waals surface area (Å²) in [5.41, 5.74) is 1.22. The van der Waals surface area contributed by atoms with E-state index in [4.69, 9.17) is 11.6 Å². The Morgan fingerprint density at radius 1 is 1.29 bits per heavy atom. The number of ether oxygens (including phenoxy) is 1. The number of methoxy groups -OCH3 is 1. The summed E-state index contributed by atoms with van der Waals surface area (Å²) in [4.78, 5) is 31.5. The molecule has 0 fully saturated rings. The quantitative estimate of drug-likeness (QED) is 0.461. The fourth-order valence-electron chi connectivity index (χ4n) is 1.77. The van der Waals surface area contributed by atoms with Crippen LogP contribution in [0.2, 0.25) is 5.02 Å². The first-order valence-electron chi connectivity index (χ1n) is 7.14. The number of nitrogens with one attached hydrogen (secondary N) is 1. The van der Waals surface area contributed by atoms with Crippen molar-refractivity contribution in [2.45, 2.75) is 17.3 Å². The number of nitrogens with zero attached hydrogens (tertiary/aromatic N) is 2. The van der Waals surface area contributed by atoms with Gasteiger partial charge < -0.3 is 10.1 Å². The van der Waals surface area contributed by atoms with Crippen LogP contribution >= 0.6 is 23.4 Å². The summed E-state index contributed by atoms with van der Waals surface area (Å²) in [6, 6.07) is 9.87. The van der Waals surface area contributed by atoms with Crippen LogP contribution in [0.3, 0.4) is 0 Å². The minimum Gasteiger partial charge on any atom is -0.469 e. The molecule has 0 unspecified atom stereocenters. The second kappa shape index (κ2) is 9.24. The monoisotopic (exact) mass is 365 g/mol. The van der Waals surface area contributed by atoms with Crippen LogP contribution in [0.25, 0.3) is 0 Å². The number of carbonyl (C=O) groups is 2. The molecule has 0 aliphatic heterocycles. The van der Waals surface area contributed by atoms with Crippen LogP contribution < -0.4 is 5.32 Å². The number of rotatable bonds is 7. The van der Waals surface area contributed by atoms with Gasteiger partial charge in [-0.1, -0.05) is 53.7 Å². The lowest BCUT2D eigenvalue weighted by Gasteiger charge is -2.07. The summed E-state index contributed by atoms with van der Waals surface area (Å²) in [6.07, 6.45) is 1.48. The second-order valence-corrected chi connectivity index (χ2v) is 6.06. The number of hydrogen-bond acceptors (Lipinski definition) is 6. The lowest BCUT2D eigenvalue weighted by atomic mass is 10.2. The van der Waals surface area contributed by atoms with Gasteiger partial charge in [0.2, 0.25) is 0 Å². The van der Waals surface area contributed by atoms with E-state index in [0.717, 1.165) is 5.56 Å². The lowest BCUT2D eigenvalue weighted by Crippen LogP contribution is -2.27. The molecule has 24 heavy (non-hydrogen) atoms. The fourth-order valence-corrected chi connectivity index (χ4v) is 2.71. The van der Waals surface area contributed by atoms with E-state index in [1.54, 1.807) is 0 Å². The third-order valence-electron chi connectivity index (χ3n) is 2.99. The van der Waals surface area contributed by atoms with Crippen molar-refractivity contribution in [2.24, 2.45) is 0 Å². The van der Waals surface area contributed by atoms with Crippen LogP contribution in [0.4, 0.5) is 0 Å². The topological polar surface area (TPSA) is 81.2 Å². The van der Waals surface area contributed by atoms with Crippen LogP contribution in [0, 0.1) is 0 Å². The van der Waals surface area contributed by atoms with Crippen LogP contribution in [-0.2, 0) is 15.3 Å². The number of esters is 1. The van der Waals surface area contributed by atoms with E-state index < -0.39 is 11.9 Å². The summed E-state index contributed by atoms with van der Waals surface area (Å²) in [7, 11) is 1.29. The number of hydrogen-bond donors (Lipinski definition) is 1. The zero-order valence-electron chi connectivity index (χ0n) is 13.0. The highest BCUT2D eigenvalue weighted by molar-refractivity contribution is 7.98. The van der Waals surface area contributed by atoms with Crippen molar-refractivity contribution in [1.29, 1.82) is 0 Å². The number of halogens is 1. The Balaban J connectivity index is 1.97. The SMILES string of the molecule is COC(=O)CCNC(=O)c1nc(SCc2ccccc2)ncc1Cl. The Morgan fingerprint density at radius 3 is 2.75 bits per heavy atom. The van der Waals surface area contributed by atoms with Crippen LogP contribution in [0.5, 0.6) is 0 Å². The summed E-state index contributed by atoms with van der Waals surface area (Å²) < 4.78 is 4.51. The van der Waals surface area contributed by atoms with Gasteiger partial charge in [0.15, 0.2) is 10.9 Å². The van der Waals surface area contributed by atoms with Gasteiger partial charge in [-0.15, -0.1) is 0 Å². The molecule has 1 heterocycles. The molecule has 0 aliphatic rings. The highest BCUT2D eigenvalue weighted by atomic mass is 35.5. The minimum absolute atomic E-state index is 0.0839. The van der Waals surface area contributed by atoms with Crippen molar-refractivity contribution in [3.05, 3.63) is 52.8 Å². The molecular weight excluding hydrogens is 350 g/mol. The van der Waals surface area contributed by atoms with Gasteiger partial charge in [0.25, 0.3) is 5.91 Å². The largest absolute Gasteiger partial charge is 0.469 e. The van der Waals surface area contributed by atoms with Gasteiger partial charge in [0.05, 0.1) is 24.8 Å². The number of amides is 1. The van der Waals surface area contributed by atoms with Gasteiger partial charge >= 0.3 is 5.97 Å². The average Bonchev–Trinajstić information content (AvgIpc) is 2.61. The number of benzene rings is 1. The molecule has 1 aromatic carbocycles. The first-order valence-corrected chi connectivity index (χ1v) is 8.51. The number of aromatic nitrogens is 2. The molecule has 0 bridgehead atoms. The summed E-state index contributed by atoms with van der Waals surface area (Å²) in [5, 5.41) is 3.20. The smallest absolute Gasteiger partial charge is 0.307 e. The molecule has 8 heteroatoms. The zero-order chi connectivity index (χ0) is 17.4. The molecule has 0 atom stereocenters. The highest BCUT2D eigenvalue weighted by Crippen LogP contribution is 2.21. The minimum atomic E-state index is -0.451. The van der Waals surface area contributed by atoms with Crippen molar-refractivity contribution in [1.82, 2.24) is 15.3 Å². The third-order valence-corrected chi connectivity index (χ3v) is 4.20. The molecule has 0 aliphatic carbocycles. The van der Waals surface area contributed by atoms with E-state index in [-0.39, 0.29) is 23.7 Å². The van der Waals surface area contributed by atoms with E-state index in [9.17, 15) is 9.59 Å². The summed E-state index contributed by atoms with van der Waals surface area (Å²) in [5.74, 6) is -0.164. The molecule has 0 saturated heterocycles. The van der Waals surface area contributed by atoms with Gasteiger partial charge in [0.1, 0.15) is 0 Å². The van der Waals surface area contributed by atoms with Gasteiger partial charge in [-0.25, -0.2) is 9.97 Å². The number of thioether (sulfide) groups is 1. The van der Waals surface area contributed by atoms with E-state index in [1.807, 2.05) is 30.3 Å². The maximum Gasteiger partial charge on any atom is 0.307 e. The molecule has 0 radical (unpaired) electrons. The third kappa shape index (κ3) is 5.50. The van der Waals surface area contributed by atoms with E-state index in [1.165, 1.54) is 25.1 Å². The Morgan fingerprint density at radius 2 is 2.04 bits per heavy atom. The Labute approximate surface area is 149 Å². The first-order chi connectivity index (χ1) is 11.6. The predicted molar refractivity (Wildman–Crippen MR) is 92.0 cm³/mol. The molecule has 0 saturated carbocycles. The molecule has 2 rings (SSSR count). The molecule has 1 amide bonds. The Bertz CT molecular complexity index is 713. The van der Waals surface area contributed by atoms with Crippen LogP contribution in [0.1, 0.15) is 22.5 Å². The van der Waals surface area contributed by atoms with Gasteiger partial charge in [-0.3, -0.25) is 9.59 Å². The number of carbonyl (C=O) groups excluding carboxylic acids is 2. The highest BCUT2D eigenvalue weighted by Gasteiger charge is 2.14. The van der Waals surface area contributed by atoms with Crippen molar-refractivity contribution < 1.29 is 14.3 Å². The van der Waals surface area contributed by atoms with Gasteiger partial charge in [-0.05, 0) is 5.56 Å². The second-order valence-electron chi connectivity index (χ2n) is 4.71. The Hall–Kier alpha value is -2.12. The van der Waals surface area contributed by atoms with Crippen LogP contribution in [-0.4, -0.2) is 35.5 Å². The predicted octanol–water partition coefficient (Wildman–Crippen LogP) is 2.72. The van der Waals surface area contributed by atoms with Crippen molar-refractivity contribution in [3.8, 4) is 0 Å². The fraction of sp³-hybridized carbons (Fsp3) is 0.250. The van der Waals surface area contributed by atoms with Crippen LogP contribution in [0.15, 0.2) is 41.7 Å². The van der Waals surface area contributed by atoms with Crippen molar-refractivity contribution >= 4 is 35.2 Å². The van der Waals surface area contributed by atoms with E-state index in [2.05, 4.69) is 20.0 Å². The first kappa shape index (κ1) is 18.2. The normalized spacial score (nSPS) is 10.2. The molecule has 0 spiro atoms. The zero-order valence-corrected chi connectivity index (χ0v) is 14.6. The van der Waals surface area contributed by atoms with Crippen molar-refractivity contribution in [3.63, 3.8) is 0 Å². The maximum atomic E-state index is 12.1. The standard InChI is InChI=1S/C16H16ClN3O3S/c1-23-13(21)7-8-18-15(22)14-12(17)9-19-16(20-14)24-10-11-5-3-2-4-6-11/h2-6,9H,7-8,10H2,1H3,(H,18,22). The Kier molecular flexibility index (Phi) is 7.02. The molecule has 6 nitrogen and oxygen atoms in total. The molecule has 2 aromatic rings. The lowest BCUT2D eigenvalue weighted by molar-refractivity contribution is -0.140. The van der Waals surface area contributed by atoms with E-state index >= 15 is 0 Å². The molecule has 1 aromatic heterocycles. The summed E-state index contributed by atoms with van der Waals surface area (Å²) in [6.45, 7) is 0.151. The summed E-state index contributed by atoms with van der Waals surface area (Å²) >= 11 is 7.40. The van der Waals surface area contributed by atoms with Crippen molar-refractivity contribution in [2.75, 3.05) is 13.7 Å². The maximum absolute atomic E-state index is 12.1. The van der Waals surface area contributed by atoms with Gasteiger partial charge in [0, 0.05) is 12.3 Å². The molecular formula is C16H16ClN3O3S. The molecule has 1 N–H and O–H groups in total.